The number of rotatable bonds is 2. The summed E-state index contributed by atoms with van der Waals surface area (Å²) in [6, 6.07) is 0. The van der Waals surface area contributed by atoms with Gasteiger partial charge in [-0.2, -0.15) is 0 Å². The molecule has 0 N–H and O–H groups in total. The van der Waals surface area contributed by atoms with E-state index in [1.54, 1.807) is 11.8 Å². The van der Waals surface area contributed by atoms with Gasteiger partial charge in [-0.25, -0.2) is 4.79 Å². The smallest absolute Gasteiger partial charge is 0.374 e. The van der Waals surface area contributed by atoms with Crippen molar-refractivity contribution in [2.45, 2.75) is 74.7 Å². The second-order valence-electron chi connectivity index (χ2n) is 5.36. The Morgan fingerprint density at radius 2 is 1.32 bits per heavy atom. The zero-order chi connectivity index (χ0) is 13.5. The van der Waals surface area contributed by atoms with Gasteiger partial charge in [0.2, 0.25) is 4.38 Å². The van der Waals surface area contributed by atoms with E-state index in [4.69, 9.17) is 17.0 Å². The van der Waals surface area contributed by atoms with Crippen LogP contribution < -0.4 is 0 Å². The van der Waals surface area contributed by atoms with Gasteiger partial charge in [0.1, 0.15) is 0 Å². The summed E-state index contributed by atoms with van der Waals surface area (Å²) in [6.07, 6.45) is 12.4. The van der Waals surface area contributed by atoms with Gasteiger partial charge >= 0.3 is 5.30 Å². The summed E-state index contributed by atoms with van der Waals surface area (Å²) in [5, 5.41) is 0.817. The monoisotopic (exact) mass is 318 g/mol. The summed E-state index contributed by atoms with van der Waals surface area (Å²) in [5.74, 6) is 0. The molecule has 2 saturated carbocycles. The Kier molecular flexibility index (Phi) is 7.02. The Morgan fingerprint density at radius 1 is 0.842 bits per heavy atom. The first-order valence-electron chi connectivity index (χ1n) is 7.33. The van der Waals surface area contributed by atoms with Crippen molar-refractivity contribution in [3.63, 3.8) is 0 Å². The van der Waals surface area contributed by atoms with E-state index >= 15 is 0 Å². The maximum absolute atomic E-state index is 11.8. The molecule has 0 unspecified atom stereocenters. The Labute approximate surface area is 129 Å². The normalized spacial score (nSPS) is 22.1. The van der Waals surface area contributed by atoms with Crippen LogP contribution in [0.4, 0.5) is 4.79 Å². The molecular formula is C14H22O2S3. The first kappa shape index (κ1) is 15.6. The fourth-order valence-electron chi connectivity index (χ4n) is 2.75. The van der Waals surface area contributed by atoms with Crippen molar-refractivity contribution in [3.05, 3.63) is 0 Å². The first-order chi connectivity index (χ1) is 9.24. The molecule has 0 atom stereocenters. The summed E-state index contributed by atoms with van der Waals surface area (Å²) < 4.78 is 5.71. The lowest BCUT2D eigenvalue weighted by Gasteiger charge is -2.21. The van der Waals surface area contributed by atoms with Crippen LogP contribution in [0.15, 0.2) is 0 Å². The molecule has 0 heterocycles. The van der Waals surface area contributed by atoms with Crippen molar-refractivity contribution >= 4 is 45.4 Å². The SMILES string of the molecule is O=C(OC(=S)SC1CCCCC1)SC1CCCCC1. The molecule has 0 bridgehead atoms. The Morgan fingerprint density at radius 3 is 1.84 bits per heavy atom. The Bertz CT molecular complexity index is 278. The van der Waals surface area contributed by atoms with Crippen molar-refractivity contribution in [1.29, 1.82) is 0 Å². The maximum atomic E-state index is 11.8. The van der Waals surface area contributed by atoms with Gasteiger partial charge in [-0.05, 0) is 49.7 Å². The minimum absolute atomic E-state index is 0.194. The average Bonchev–Trinajstić information content (AvgIpc) is 2.40. The lowest BCUT2D eigenvalue weighted by molar-refractivity contribution is 0.226. The number of ether oxygens (including phenoxy) is 1. The molecule has 0 aliphatic heterocycles. The van der Waals surface area contributed by atoms with Crippen molar-refractivity contribution in [2.24, 2.45) is 0 Å². The molecule has 5 heteroatoms. The molecule has 0 saturated heterocycles. The van der Waals surface area contributed by atoms with Gasteiger partial charge in [0.25, 0.3) is 0 Å². The molecule has 0 aromatic rings. The van der Waals surface area contributed by atoms with E-state index in [0.717, 1.165) is 12.8 Å². The predicted molar refractivity (Wildman–Crippen MR) is 88.0 cm³/mol. The standard InChI is InChI=1S/C14H22O2S3/c15-13(18-11-7-3-1-4-8-11)16-14(17)19-12-9-5-2-6-10-12/h11-12H,1-10H2. The number of carbonyl (C=O) groups excluding carboxylic acids is 1. The number of thiocarbonyl (C=S) groups is 1. The van der Waals surface area contributed by atoms with Crippen molar-refractivity contribution in [1.82, 2.24) is 0 Å². The summed E-state index contributed by atoms with van der Waals surface area (Å²) >= 11 is 8.12. The quantitative estimate of drug-likeness (QED) is 0.492. The molecule has 2 fully saturated rings. The molecule has 0 spiro atoms. The minimum atomic E-state index is -0.194. The molecule has 0 aromatic carbocycles. The topological polar surface area (TPSA) is 26.3 Å². The van der Waals surface area contributed by atoms with Crippen LogP contribution in [0.2, 0.25) is 0 Å². The minimum Gasteiger partial charge on any atom is -0.400 e. The molecule has 19 heavy (non-hydrogen) atoms. The summed E-state index contributed by atoms with van der Waals surface area (Å²) in [4.78, 5) is 11.8. The van der Waals surface area contributed by atoms with Crippen LogP contribution in [0.1, 0.15) is 64.2 Å². The van der Waals surface area contributed by atoms with E-state index in [1.807, 2.05) is 0 Å². The van der Waals surface area contributed by atoms with E-state index in [2.05, 4.69) is 0 Å². The van der Waals surface area contributed by atoms with Crippen molar-refractivity contribution < 1.29 is 9.53 Å². The third-order valence-electron chi connectivity index (χ3n) is 3.80. The summed E-state index contributed by atoms with van der Waals surface area (Å²) in [5.41, 5.74) is 0. The lowest BCUT2D eigenvalue weighted by Crippen LogP contribution is -2.15. The lowest BCUT2D eigenvalue weighted by atomic mass is 10.0. The fraction of sp³-hybridized carbons (Fsp3) is 0.857. The van der Waals surface area contributed by atoms with Gasteiger partial charge < -0.3 is 4.74 Å². The van der Waals surface area contributed by atoms with Gasteiger partial charge in [-0.15, -0.1) is 0 Å². The molecule has 2 aliphatic carbocycles. The van der Waals surface area contributed by atoms with Crippen LogP contribution in [0, 0.1) is 0 Å². The van der Waals surface area contributed by atoms with E-state index < -0.39 is 0 Å². The predicted octanol–water partition coefficient (Wildman–Crippen LogP) is 5.54. The molecule has 0 amide bonds. The number of thioether (sulfide) groups is 2. The van der Waals surface area contributed by atoms with Gasteiger partial charge in [0.05, 0.1) is 0 Å². The maximum Gasteiger partial charge on any atom is 0.374 e. The van der Waals surface area contributed by atoms with Crippen molar-refractivity contribution in [2.75, 3.05) is 0 Å². The largest absolute Gasteiger partial charge is 0.400 e. The van der Waals surface area contributed by atoms with Crippen LogP contribution in [0.3, 0.4) is 0 Å². The zero-order valence-corrected chi connectivity index (χ0v) is 13.7. The highest BCUT2D eigenvalue weighted by atomic mass is 32.2. The highest BCUT2D eigenvalue weighted by molar-refractivity contribution is 8.23. The van der Waals surface area contributed by atoms with E-state index in [1.165, 1.54) is 63.1 Å². The Balaban J connectivity index is 1.64. The second kappa shape index (κ2) is 8.53. The second-order valence-corrected chi connectivity index (χ2v) is 8.50. The van der Waals surface area contributed by atoms with Crippen LogP contribution in [0.5, 0.6) is 0 Å². The van der Waals surface area contributed by atoms with E-state index in [-0.39, 0.29) is 5.30 Å². The third kappa shape index (κ3) is 6.05. The molecule has 2 rings (SSSR count). The van der Waals surface area contributed by atoms with Gasteiger partial charge in [-0.1, -0.05) is 50.3 Å². The molecule has 2 nitrogen and oxygen atoms in total. The third-order valence-corrected chi connectivity index (χ3v) is 6.33. The van der Waals surface area contributed by atoms with Crippen LogP contribution >= 0.6 is 35.7 Å². The fourth-order valence-corrected chi connectivity index (χ4v) is 5.28. The van der Waals surface area contributed by atoms with Crippen LogP contribution in [-0.4, -0.2) is 20.2 Å². The zero-order valence-electron chi connectivity index (χ0n) is 11.3. The Hall–Kier alpha value is 0.260. The van der Waals surface area contributed by atoms with E-state index in [0.29, 0.717) is 14.9 Å². The molecule has 0 aromatic heterocycles. The summed E-state index contributed by atoms with van der Waals surface area (Å²) in [7, 11) is 0. The highest BCUT2D eigenvalue weighted by Crippen LogP contribution is 2.32. The molecule has 108 valence electrons. The van der Waals surface area contributed by atoms with Crippen molar-refractivity contribution in [3.8, 4) is 0 Å². The van der Waals surface area contributed by atoms with Crippen LogP contribution in [0.25, 0.3) is 0 Å². The van der Waals surface area contributed by atoms with Gasteiger partial charge in [-0.3, -0.25) is 0 Å². The average molecular weight is 319 g/mol. The highest BCUT2D eigenvalue weighted by Gasteiger charge is 2.22. The number of hydrogen-bond donors (Lipinski definition) is 0. The molecule has 2 aliphatic rings. The van der Waals surface area contributed by atoms with E-state index in [9.17, 15) is 4.79 Å². The van der Waals surface area contributed by atoms with Gasteiger partial charge in [0, 0.05) is 10.5 Å². The van der Waals surface area contributed by atoms with Gasteiger partial charge in [0.15, 0.2) is 0 Å². The number of carbonyl (C=O) groups is 1. The number of hydrogen-bond acceptors (Lipinski definition) is 5. The molecular weight excluding hydrogens is 296 g/mol. The van der Waals surface area contributed by atoms with Crippen LogP contribution in [-0.2, 0) is 4.74 Å². The summed E-state index contributed by atoms with van der Waals surface area (Å²) in [6.45, 7) is 0. The first-order valence-corrected chi connectivity index (χ1v) is 9.50. The molecule has 0 radical (unpaired) electrons.